The molecule has 0 radical (unpaired) electrons. The minimum Gasteiger partial charge on any atom is -0.452 e. The van der Waals surface area contributed by atoms with Crippen LogP contribution in [0, 0.1) is 5.92 Å². The summed E-state index contributed by atoms with van der Waals surface area (Å²) in [5, 5.41) is 5.93. The van der Waals surface area contributed by atoms with Gasteiger partial charge < -0.3 is 4.42 Å². The van der Waals surface area contributed by atoms with E-state index in [4.69, 9.17) is 4.42 Å². The summed E-state index contributed by atoms with van der Waals surface area (Å²) in [5.41, 5.74) is 5.73. The van der Waals surface area contributed by atoms with Crippen molar-refractivity contribution >= 4 is 43.6 Å². The lowest BCUT2D eigenvalue weighted by molar-refractivity contribution is 0.650. The van der Waals surface area contributed by atoms with Gasteiger partial charge >= 0.3 is 0 Å². The minimum atomic E-state index is 0.571. The zero-order chi connectivity index (χ0) is 20.9. The van der Waals surface area contributed by atoms with E-state index in [-0.39, 0.29) is 0 Å². The van der Waals surface area contributed by atoms with Crippen molar-refractivity contribution in [3.05, 3.63) is 84.7 Å². The summed E-state index contributed by atoms with van der Waals surface area (Å²) in [6.45, 7) is 4.52. The number of benzene rings is 4. The molecule has 0 atom stereocenters. The topological polar surface area (TPSA) is 38.9 Å². The number of fused-ring (bicyclic) bond motifs is 6. The lowest BCUT2D eigenvalue weighted by Gasteiger charge is -2.12. The van der Waals surface area contributed by atoms with Crippen LogP contribution < -0.4 is 0 Å². The highest BCUT2D eigenvalue weighted by Crippen LogP contribution is 2.38. The molecule has 3 heteroatoms. The maximum Gasteiger partial charge on any atom is 0.180 e. The largest absolute Gasteiger partial charge is 0.452 e. The molecule has 0 N–H and O–H groups in total. The third-order valence-corrected chi connectivity index (χ3v) is 5.99. The Bertz CT molecular complexity index is 1590. The minimum absolute atomic E-state index is 0.571. The van der Waals surface area contributed by atoms with Crippen molar-refractivity contribution in [2.24, 2.45) is 5.92 Å². The molecule has 4 aromatic carbocycles. The predicted molar refractivity (Wildman–Crippen MR) is 128 cm³/mol. The Morgan fingerprint density at radius 1 is 0.806 bits per heavy atom. The maximum absolute atomic E-state index is 6.35. The standard InChI is InChI=1S/C28H22N2O/c1-17(2)13-20-15-21(14-19-8-4-5-9-22(19)20)26-28-27(30-16-29-26)25-23-10-6-3-7-18(23)11-12-24(25)31-28/h3-12,14-17H,13H2,1-2H3. The highest BCUT2D eigenvalue weighted by atomic mass is 16.3. The Morgan fingerprint density at radius 3 is 2.42 bits per heavy atom. The third kappa shape index (κ3) is 2.89. The predicted octanol–water partition coefficient (Wildman–Crippen LogP) is 7.55. The normalized spacial score (nSPS) is 12.0. The fourth-order valence-electron chi connectivity index (χ4n) is 4.68. The molecule has 0 unspecified atom stereocenters. The fourth-order valence-corrected chi connectivity index (χ4v) is 4.68. The number of furan rings is 1. The Labute approximate surface area is 180 Å². The Kier molecular flexibility index (Phi) is 4.03. The summed E-state index contributed by atoms with van der Waals surface area (Å²) in [5.74, 6) is 0.571. The van der Waals surface area contributed by atoms with Crippen molar-refractivity contribution in [2.45, 2.75) is 20.3 Å². The SMILES string of the molecule is CC(C)Cc1cc(-c2ncnc3c2oc2ccc4ccccc4c23)cc2ccccc12. The van der Waals surface area contributed by atoms with Gasteiger partial charge in [-0.15, -0.1) is 0 Å². The van der Waals surface area contributed by atoms with Gasteiger partial charge in [-0.25, -0.2) is 9.97 Å². The highest BCUT2D eigenvalue weighted by molar-refractivity contribution is 6.18. The molecule has 3 nitrogen and oxygen atoms in total. The summed E-state index contributed by atoms with van der Waals surface area (Å²) in [4.78, 5) is 9.31. The summed E-state index contributed by atoms with van der Waals surface area (Å²) >= 11 is 0. The molecule has 0 amide bonds. The van der Waals surface area contributed by atoms with Gasteiger partial charge in [0.2, 0.25) is 0 Å². The van der Waals surface area contributed by atoms with E-state index in [9.17, 15) is 0 Å². The van der Waals surface area contributed by atoms with Crippen molar-refractivity contribution in [1.29, 1.82) is 0 Å². The van der Waals surface area contributed by atoms with E-state index < -0.39 is 0 Å². The van der Waals surface area contributed by atoms with Crippen LogP contribution in [0.3, 0.4) is 0 Å². The molecule has 0 saturated heterocycles. The van der Waals surface area contributed by atoms with E-state index in [0.29, 0.717) is 5.92 Å². The first-order valence-corrected chi connectivity index (χ1v) is 10.8. The number of hydrogen-bond donors (Lipinski definition) is 0. The van der Waals surface area contributed by atoms with Crippen LogP contribution in [-0.2, 0) is 6.42 Å². The molecule has 150 valence electrons. The van der Waals surface area contributed by atoms with Crippen LogP contribution in [0.1, 0.15) is 19.4 Å². The second-order valence-corrected chi connectivity index (χ2v) is 8.62. The van der Waals surface area contributed by atoms with E-state index in [2.05, 4.69) is 90.5 Å². The molecule has 6 aromatic rings. The molecule has 31 heavy (non-hydrogen) atoms. The van der Waals surface area contributed by atoms with Crippen molar-refractivity contribution in [3.63, 3.8) is 0 Å². The number of hydrogen-bond acceptors (Lipinski definition) is 3. The number of aromatic nitrogens is 2. The average Bonchev–Trinajstić information content (AvgIpc) is 3.18. The quantitative estimate of drug-likeness (QED) is 0.307. The molecule has 0 bridgehead atoms. The van der Waals surface area contributed by atoms with E-state index in [1.54, 1.807) is 6.33 Å². The van der Waals surface area contributed by atoms with Gasteiger partial charge in [0.25, 0.3) is 0 Å². The van der Waals surface area contributed by atoms with E-state index in [1.807, 2.05) is 6.07 Å². The van der Waals surface area contributed by atoms with E-state index in [0.717, 1.165) is 45.1 Å². The maximum atomic E-state index is 6.35. The first-order chi connectivity index (χ1) is 15.2. The smallest absolute Gasteiger partial charge is 0.180 e. The van der Waals surface area contributed by atoms with Gasteiger partial charge in [-0.3, -0.25) is 0 Å². The van der Waals surface area contributed by atoms with Crippen molar-refractivity contribution < 1.29 is 4.42 Å². The van der Waals surface area contributed by atoms with Crippen LogP contribution in [0.5, 0.6) is 0 Å². The fraction of sp³-hybridized carbons (Fsp3) is 0.143. The molecule has 0 aliphatic carbocycles. The monoisotopic (exact) mass is 402 g/mol. The average molecular weight is 402 g/mol. The Hall–Kier alpha value is -3.72. The molecule has 2 heterocycles. The number of nitrogens with zero attached hydrogens (tertiary/aromatic N) is 2. The van der Waals surface area contributed by atoms with Crippen LogP contribution >= 0.6 is 0 Å². The Balaban J connectivity index is 1.67. The second-order valence-electron chi connectivity index (χ2n) is 8.62. The highest BCUT2D eigenvalue weighted by Gasteiger charge is 2.18. The van der Waals surface area contributed by atoms with E-state index in [1.165, 1.54) is 21.7 Å². The van der Waals surface area contributed by atoms with Gasteiger partial charge in [-0.1, -0.05) is 68.4 Å². The lowest BCUT2D eigenvalue weighted by Crippen LogP contribution is -1.97. The summed E-state index contributed by atoms with van der Waals surface area (Å²) < 4.78 is 6.35. The molecule has 0 aliphatic heterocycles. The molecule has 0 fully saturated rings. The summed E-state index contributed by atoms with van der Waals surface area (Å²) in [6, 6.07) is 25.6. The van der Waals surface area contributed by atoms with Crippen LogP contribution in [0.2, 0.25) is 0 Å². The van der Waals surface area contributed by atoms with Crippen molar-refractivity contribution in [3.8, 4) is 11.3 Å². The molecule has 0 spiro atoms. The van der Waals surface area contributed by atoms with Crippen LogP contribution in [0.4, 0.5) is 0 Å². The van der Waals surface area contributed by atoms with Gasteiger partial charge in [-0.2, -0.15) is 0 Å². The molecule has 2 aromatic heterocycles. The van der Waals surface area contributed by atoms with Crippen molar-refractivity contribution in [2.75, 3.05) is 0 Å². The van der Waals surface area contributed by atoms with Crippen molar-refractivity contribution in [1.82, 2.24) is 9.97 Å². The zero-order valence-electron chi connectivity index (χ0n) is 17.6. The second kappa shape index (κ2) is 6.92. The van der Waals surface area contributed by atoms with Crippen LogP contribution in [0.25, 0.3) is 54.9 Å². The van der Waals surface area contributed by atoms with Crippen LogP contribution in [-0.4, -0.2) is 9.97 Å². The van der Waals surface area contributed by atoms with Gasteiger partial charge in [0.05, 0.1) is 5.39 Å². The molecular formula is C28H22N2O. The van der Waals surface area contributed by atoms with Gasteiger partial charge in [-0.05, 0) is 57.6 Å². The van der Waals surface area contributed by atoms with Gasteiger partial charge in [0.1, 0.15) is 23.1 Å². The molecule has 6 rings (SSSR count). The van der Waals surface area contributed by atoms with Gasteiger partial charge in [0.15, 0.2) is 5.58 Å². The molecular weight excluding hydrogens is 380 g/mol. The third-order valence-electron chi connectivity index (χ3n) is 5.99. The first kappa shape index (κ1) is 18.1. The lowest BCUT2D eigenvalue weighted by atomic mass is 9.93. The summed E-state index contributed by atoms with van der Waals surface area (Å²) in [6.07, 6.45) is 2.68. The number of rotatable bonds is 3. The Morgan fingerprint density at radius 2 is 1.58 bits per heavy atom. The van der Waals surface area contributed by atoms with E-state index >= 15 is 0 Å². The first-order valence-electron chi connectivity index (χ1n) is 10.8. The molecule has 0 saturated carbocycles. The zero-order valence-corrected chi connectivity index (χ0v) is 17.6. The van der Waals surface area contributed by atoms with Gasteiger partial charge in [0, 0.05) is 5.56 Å². The van der Waals surface area contributed by atoms with Crippen LogP contribution in [0.15, 0.2) is 83.5 Å². The molecule has 0 aliphatic rings. The summed E-state index contributed by atoms with van der Waals surface area (Å²) in [7, 11) is 0.